The van der Waals surface area contributed by atoms with Crippen molar-refractivity contribution < 1.29 is 27.4 Å². The standard InChI is InChI=1S/C6H9F3O3/c1-2-11-5(10)12-4-3-6(7,8)9/h2-4H2,1H3. The Balaban J connectivity index is 3.37. The Hall–Kier alpha value is -0.940. The SMILES string of the molecule is CCOC(=O)OCCC(F)(F)F. The van der Waals surface area contributed by atoms with Crippen molar-refractivity contribution in [3.63, 3.8) is 0 Å². The zero-order valence-corrected chi connectivity index (χ0v) is 6.48. The molecule has 0 aromatic rings. The number of alkyl halides is 3. The maximum Gasteiger partial charge on any atom is 0.508 e. The first-order valence-electron chi connectivity index (χ1n) is 3.32. The molecule has 0 unspecified atom stereocenters. The Bertz CT molecular complexity index is 143. The van der Waals surface area contributed by atoms with Gasteiger partial charge in [-0.2, -0.15) is 13.2 Å². The van der Waals surface area contributed by atoms with Crippen LogP contribution in [0.15, 0.2) is 0 Å². The Morgan fingerprint density at radius 2 is 1.92 bits per heavy atom. The van der Waals surface area contributed by atoms with Gasteiger partial charge in [0.2, 0.25) is 0 Å². The van der Waals surface area contributed by atoms with E-state index in [0.29, 0.717) is 0 Å². The summed E-state index contributed by atoms with van der Waals surface area (Å²) >= 11 is 0. The van der Waals surface area contributed by atoms with Gasteiger partial charge in [0.25, 0.3) is 0 Å². The van der Waals surface area contributed by atoms with Crippen molar-refractivity contribution in [2.75, 3.05) is 13.2 Å². The summed E-state index contributed by atoms with van der Waals surface area (Å²) in [5.74, 6) is 0. The van der Waals surface area contributed by atoms with Gasteiger partial charge in [0.15, 0.2) is 0 Å². The van der Waals surface area contributed by atoms with Gasteiger partial charge in [-0.05, 0) is 6.92 Å². The summed E-state index contributed by atoms with van der Waals surface area (Å²) in [6.07, 6.45) is -6.51. The zero-order chi connectivity index (χ0) is 9.61. The average molecular weight is 186 g/mol. The first-order chi connectivity index (χ1) is 5.45. The maximum atomic E-state index is 11.5. The Labute approximate surface area is 67.4 Å². The van der Waals surface area contributed by atoms with Gasteiger partial charge < -0.3 is 9.47 Å². The van der Waals surface area contributed by atoms with Crippen molar-refractivity contribution in [2.45, 2.75) is 19.5 Å². The molecule has 0 N–H and O–H groups in total. The summed E-state index contributed by atoms with van der Waals surface area (Å²) < 4.78 is 42.7. The van der Waals surface area contributed by atoms with E-state index in [9.17, 15) is 18.0 Å². The van der Waals surface area contributed by atoms with Crippen LogP contribution in [0.3, 0.4) is 0 Å². The third-order valence-corrected chi connectivity index (χ3v) is 0.868. The molecule has 72 valence electrons. The number of ether oxygens (including phenoxy) is 2. The number of hydrogen-bond acceptors (Lipinski definition) is 3. The van der Waals surface area contributed by atoms with Crippen LogP contribution in [0.2, 0.25) is 0 Å². The molecule has 0 radical (unpaired) electrons. The van der Waals surface area contributed by atoms with Gasteiger partial charge in [-0.1, -0.05) is 0 Å². The van der Waals surface area contributed by atoms with E-state index in [4.69, 9.17) is 0 Å². The highest BCUT2D eigenvalue weighted by molar-refractivity contribution is 5.59. The smallest absolute Gasteiger partial charge is 0.435 e. The quantitative estimate of drug-likeness (QED) is 0.633. The van der Waals surface area contributed by atoms with Crippen LogP contribution in [0.25, 0.3) is 0 Å². The van der Waals surface area contributed by atoms with Crippen molar-refractivity contribution in [3.05, 3.63) is 0 Å². The molecular formula is C6H9F3O3. The lowest BCUT2D eigenvalue weighted by Crippen LogP contribution is -2.15. The number of carbonyl (C=O) groups is 1. The average Bonchev–Trinajstić information content (AvgIpc) is 1.84. The molecule has 0 fully saturated rings. The van der Waals surface area contributed by atoms with Crippen molar-refractivity contribution >= 4 is 6.16 Å². The van der Waals surface area contributed by atoms with Crippen molar-refractivity contribution in [1.29, 1.82) is 0 Å². The lowest BCUT2D eigenvalue weighted by molar-refractivity contribution is -0.142. The molecule has 0 aliphatic carbocycles. The van der Waals surface area contributed by atoms with Crippen molar-refractivity contribution in [1.82, 2.24) is 0 Å². The summed E-state index contributed by atoms with van der Waals surface area (Å²) in [7, 11) is 0. The van der Waals surface area contributed by atoms with Crippen LogP contribution in [-0.2, 0) is 9.47 Å². The Kier molecular flexibility index (Phi) is 4.46. The molecule has 0 atom stereocenters. The predicted octanol–water partition coefficient (Wildman–Crippen LogP) is 2.11. The minimum atomic E-state index is -4.30. The molecule has 0 spiro atoms. The van der Waals surface area contributed by atoms with Crippen LogP contribution < -0.4 is 0 Å². The van der Waals surface area contributed by atoms with E-state index in [1.165, 1.54) is 6.92 Å². The molecule has 0 aromatic heterocycles. The van der Waals surface area contributed by atoms with Crippen LogP contribution in [-0.4, -0.2) is 25.5 Å². The van der Waals surface area contributed by atoms with Gasteiger partial charge in [-0.25, -0.2) is 4.79 Å². The van der Waals surface area contributed by atoms with E-state index in [0.717, 1.165) is 0 Å². The number of rotatable bonds is 3. The van der Waals surface area contributed by atoms with Gasteiger partial charge in [0.1, 0.15) is 6.61 Å². The lowest BCUT2D eigenvalue weighted by atomic mass is 10.4. The summed E-state index contributed by atoms with van der Waals surface area (Å²) in [4.78, 5) is 10.3. The summed E-state index contributed by atoms with van der Waals surface area (Å²) in [5.41, 5.74) is 0. The summed E-state index contributed by atoms with van der Waals surface area (Å²) in [5, 5.41) is 0. The molecule has 0 aromatic carbocycles. The second-order valence-electron chi connectivity index (χ2n) is 1.90. The summed E-state index contributed by atoms with van der Waals surface area (Å²) in [6.45, 7) is 0.929. The molecule has 0 aliphatic heterocycles. The molecule has 0 heterocycles. The van der Waals surface area contributed by atoms with E-state index in [2.05, 4.69) is 9.47 Å². The molecule has 0 amide bonds. The monoisotopic (exact) mass is 186 g/mol. The van der Waals surface area contributed by atoms with E-state index in [1.807, 2.05) is 0 Å². The van der Waals surface area contributed by atoms with Crippen molar-refractivity contribution in [2.24, 2.45) is 0 Å². The molecule has 0 saturated carbocycles. The first kappa shape index (κ1) is 11.1. The van der Waals surface area contributed by atoms with E-state index < -0.39 is 25.4 Å². The minimum absolute atomic E-state index is 0.0881. The molecule has 0 bridgehead atoms. The van der Waals surface area contributed by atoms with Gasteiger partial charge in [-0.15, -0.1) is 0 Å². The highest BCUT2D eigenvalue weighted by Gasteiger charge is 2.27. The lowest BCUT2D eigenvalue weighted by Gasteiger charge is -2.06. The second kappa shape index (κ2) is 4.84. The Morgan fingerprint density at radius 3 is 2.33 bits per heavy atom. The van der Waals surface area contributed by atoms with Gasteiger partial charge >= 0.3 is 12.3 Å². The number of halogens is 3. The third kappa shape index (κ3) is 7.17. The Morgan fingerprint density at radius 1 is 1.33 bits per heavy atom. The van der Waals surface area contributed by atoms with E-state index in [1.54, 1.807) is 0 Å². The number of carbonyl (C=O) groups excluding carboxylic acids is 1. The van der Waals surface area contributed by atoms with Crippen LogP contribution in [0.5, 0.6) is 0 Å². The molecule has 12 heavy (non-hydrogen) atoms. The zero-order valence-electron chi connectivity index (χ0n) is 6.48. The highest BCUT2D eigenvalue weighted by Crippen LogP contribution is 2.18. The van der Waals surface area contributed by atoms with Gasteiger partial charge in [0.05, 0.1) is 13.0 Å². The molecule has 3 nitrogen and oxygen atoms in total. The molecular weight excluding hydrogens is 177 g/mol. The minimum Gasteiger partial charge on any atom is -0.435 e. The van der Waals surface area contributed by atoms with Crippen LogP contribution in [0, 0.1) is 0 Å². The largest absolute Gasteiger partial charge is 0.508 e. The highest BCUT2D eigenvalue weighted by atomic mass is 19.4. The molecule has 6 heteroatoms. The molecule has 0 aliphatic rings. The number of hydrogen-bond donors (Lipinski definition) is 0. The topological polar surface area (TPSA) is 35.5 Å². The fourth-order valence-corrected chi connectivity index (χ4v) is 0.410. The normalized spacial score (nSPS) is 11.0. The first-order valence-corrected chi connectivity index (χ1v) is 3.32. The van der Waals surface area contributed by atoms with Crippen molar-refractivity contribution in [3.8, 4) is 0 Å². The fraction of sp³-hybridized carbons (Fsp3) is 0.833. The van der Waals surface area contributed by atoms with Gasteiger partial charge in [-0.3, -0.25) is 0 Å². The van der Waals surface area contributed by atoms with Crippen LogP contribution in [0.4, 0.5) is 18.0 Å². The molecule has 0 rings (SSSR count). The van der Waals surface area contributed by atoms with Gasteiger partial charge in [0, 0.05) is 0 Å². The summed E-state index contributed by atoms with van der Waals surface area (Å²) in [6, 6.07) is 0. The predicted molar refractivity (Wildman–Crippen MR) is 33.6 cm³/mol. The van der Waals surface area contributed by atoms with E-state index >= 15 is 0 Å². The van der Waals surface area contributed by atoms with Crippen LogP contribution in [0.1, 0.15) is 13.3 Å². The third-order valence-electron chi connectivity index (χ3n) is 0.868. The molecule has 0 saturated heterocycles. The second-order valence-corrected chi connectivity index (χ2v) is 1.90. The van der Waals surface area contributed by atoms with E-state index in [-0.39, 0.29) is 6.61 Å². The van der Waals surface area contributed by atoms with Crippen LogP contribution >= 0.6 is 0 Å². The fourth-order valence-electron chi connectivity index (χ4n) is 0.410. The maximum absolute atomic E-state index is 11.5.